The minimum Gasteiger partial charge on any atom is -0.349 e. The molecular formula is C11H19F2N3O2S. The smallest absolute Gasteiger partial charge is 0.252 e. The first-order valence-electron chi connectivity index (χ1n) is 5.91. The third-order valence-electron chi connectivity index (χ3n) is 2.76. The van der Waals surface area contributed by atoms with Gasteiger partial charge in [-0.25, -0.2) is 17.2 Å². The standard InChI is InChI=1S/C11H19F2N3O2S/c1-4-16-7-10(5-9(16)6-14-2)19(17,18)15(3)8-11(12)13/h5,7,11,14H,4,6,8H2,1-3H3. The molecule has 0 fully saturated rings. The summed E-state index contributed by atoms with van der Waals surface area (Å²) in [5, 5.41) is 2.94. The fourth-order valence-electron chi connectivity index (χ4n) is 1.76. The highest BCUT2D eigenvalue weighted by Crippen LogP contribution is 2.19. The van der Waals surface area contributed by atoms with Gasteiger partial charge in [-0.3, -0.25) is 0 Å². The number of hydrogen-bond acceptors (Lipinski definition) is 3. The van der Waals surface area contributed by atoms with E-state index in [-0.39, 0.29) is 4.90 Å². The van der Waals surface area contributed by atoms with Crippen LogP contribution in [0.25, 0.3) is 0 Å². The van der Waals surface area contributed by atoms with Gasteiger partial charge in [0.1, 0.15) is 4.90 Å². The Balaban J connectivity index is 3.07. The van der Waals surface area contributed by atoms with Crippen molar-refractivity contribution < 1.29 is 17.2 Å². The average molecular weight is 295 g/mol. The molecule has 0 aliphatic rings. The van der Waals surface area contributed by atoms with E-state index in [1.54, 1.807) is 11.6 Å². The molecule has 8 heteroatoms. The maximum absolute atomic E-state index is 12.3. The lowest BCUT2D eigenvalue weighted by Gasteiger charge is -2.15. The van der Waals surface area contributed by atoms with Crippen LogP contribution in [0.4, 0.5) is 8.78 Å². The van der Waals surface area contributed by atoms with Crippen LogP contribution < -0.4 is 5.32 Å². The molecule has 1 aromatic rings. The zero-order valence-electron chi connectivity index (χ0n) is 11.2. The molecule has 0 unspecified atom stereocenters. The number of halogens is 2. The van der Waals surface area contributed by atoms with Crippen LogP contribution in [0.15, 0.2) is 17.2 Å². The maximum Gasteiger partial charge on any atom is 0.252 e. The number of alkyl halides is 2. The molecule has 0 aliphatic carbocycles. The number of nitrogens with zero attached hydrogens (tertiary/aromatic N) is 2. The molecule has 0 radical (unpaired) electrons. The SMILES string of the molecule is CCn1cc(S(=O)(=O)N(C)CC(F)F)cc1CNC. The molecule has 0 spiro atoms. The van der Waals surface area contributed by atoms with Gasteiger partial charge in [-0.15, -0.1) is 0 Å². The first-order valence-corrected chi connectivity index (χ1v) is 7.35. The molecule has 19 heavy (non-hydrogen) atoms. The van der Waals surface area contributed by atoms with Gasteiger partial charge in [-0.2, -0.15) is 4.31 Å². The van der Waals surface area contributed by atoms with Gasteiger partial charge in [0.05, 0.1) is 6.54 Å². The topological polar surface area (TPSA) is 54.3 Å². The van der Waals surface area contributed by atoms with Crippen molar-refractivity contribution in [3.63, 3.8) is 0 Å². The van der Waals surface area contributed by atoms with Gasteiger partial charge in [0.15, 0.2) is 0 Å². The zero-order valence-corrected chi connectivity index (χ0v) is 12.0. The monoisotopic (exact) mass is 295 g/mol. The summed E-state index contributed by atoms with van der Waals surface area (Å²) in [5.74, 6) is 0. The minimum absolute atomic E-state index is 0.0442. The highest BCUT2D eigenvalue weighted by atomic mass is 32.2. The van der Waals surface area contributed by atoms with E-state index >= 15 is 0 Å². The molecule has 0 aromatic carbocycles. The lowest BCUT2D eigenvalue weighted by molar-refractivity contribution is 0.126. The van der Waals surface area contributed by atoms with E-state index in [2.05, 4.69) is 5.32 Å². The number of nitrogens with one attached hydrogen (secondary N) is 1. The quantitative estimate of drug-likeness (QED) is 0.820. The van der Waals surface area contributed by atoms with Crippen LogP contribution in [0.1, 0.15) is 12.6 Å². The van der Waals surface area contributed by atoms with Crippen LogP contribution >= 0.6 is 0 Å². The van der Waals surface area contributed by atoms with Gasteiger partial charge >= 0.3 is 0 Å². The Labute approximate surface area is 112 Å². The summed E-state index contributed by atoms with van der Waals surface area (Å²) in [7, 11) is -0.950. The van der Waals surface area contributed by atoms with E-state index in [1.807, 2.05) is 6.92 Å². The Morgan fingerprint density at radius 1 is 1.47 bits per heavy atom. The molecule has 1 aromatic heterocycles. The van der Waals surface area contributed by atoms with Gasteiger partial charge in [0, 0.05) is 32.0 Å². The summed E-state index contributed by atoms with van der Waals surface area (Å²) in [6.45, 7) is 2.21. The van der Waals surface area contributed by atoms with Crippen LogP contribution in [-0.4, -0.2) is 44.4 Å². The maximum atomic E-state index is 12.3. The van der Waals surface area contributed by atoms with Crippen LogP contribution in [0.3, 0.4) is 0 Å². The average Bonchev–Trinajstić information content (AvgIpc) is 2.72. The number of aryl methyl sites for hydroxylation is 1. The highest BCUT2D eigenvalue weighted by molar-refractivity contribution is 7.89. The predicted octanol–water partition coefficient (Wildman–Crippen LogP) is 1.11. The summed E-state index contributed by atoms with van der Waals surface area (Å²) in [6.07, 6.45) is -1.21. The molecule has 0 aliphatic heterocycles. The van der Waals surface area contributed by atoms with E-state index in [0.717, 1.165) is 12.7 Å². The van der Waals surface area contributed by atoms with Crippen molar-refractivity contribution in [2.75, 3.05) is 20.6 Å². The van der Waals surface area contributed by atoms with Crippen LogP contribution in [0, 0.1) is 0 Å². The van der Waals surface area contributed by atoms with E-state index < -0.39 is 23.0 Å². The number of sulfonamides is 1. The van der Waals surface area contributed by atoms with Crippen molar-refractivity contribution >= 4 is 10.0 Å². The summed E-state index contributed by atoms with van der Waals surface area (Å²) in [4.78, 5) is 0.0442. The number of aromatic nitrogens is 1. The lowest BCUT2D eigenvalue weighted by atomic mass is 10.4. The van der Waals surface area contributed by atoms with Crippen molar-refractivity contribution in [1.82, 2.24) is 14.2 Å². The fraction of sp³-hybridized carbons (Fsp3) is 0.636. The lowest BCUT2D eigenvalue weighted by Crippen LogP contribution is -2.31. The van der Waals surface area contributed by atoms with Gasteiger partial charge in [-0.05, 0) is 20.0 Å². The summed E-state index contributed by atoms with van der Waals surface area (Å²) in [6, 6.07) is 1.51. The molecule has 0 saturated carbocycles. The molecule has 0 saturated heterocycles. The normalized spacial score (nSPS) is 12.6. The fourth-order valence-corrected chi connectivity index (χ4v) is 2.98. The van der Waals surface area contributed by atoms with Crippen LogP contribution in [-0.2, 0) is 23.1 Å². The molecular weight excluding hydrogens is 276 g/mol. The number of hydrogen-bond donors (Lipinski definition) is 1. The van der Waals surface area contributed by atoms with Crippen molar-refractivity contribution in [3.05, 3.63) is 18.0 Å². The molecule has 0 bridgehead atoms. The van der Waals surface area contributed by atoms with Gasteiger partial charge in [0.25, 0.3) is 6.43 Å². The molecule has 1 rings (SSSR count). The Bertz CT molecular complexity index is 514. The van der Waals surface area contributed by atoms with Crippen LogP contribution in [0.2, 0.25) is 0 Å². The Hall–Kier alpha value is -0.990. The second-order valence-electron chi connectivity index (χ2n) is 4.16. The first-order chi connectivity index (χ1) is 8.82. The van der Waals surface area contributed by atoms with Crippen molar-refractivity contribution in [2.45, 2.75) is 31.3 Å². The minimum atomic E-state index is -3.86. The van der Waals surface area contributed by atoms with Gasteiger partial charge in [-0.1, -0.05) is 0 Å². The second kappa shape index (κ2) is 6.44. The van der Waals surface area contributed by atoms with Gasteiger partial charge < -0.3 is 9.88 Å². The van der Waals surface area contributed by atoms with Gasteiger partial charge in [0.2, 0.25) is 10.0 Å². The molecule has 110 valence electrons. The highest BCUT2D eigenvalue weighted by Gasteiger charge is 2.25. The molecule has 1 heterocycles. The summed E-state index contributed by atoms with van der Waals surface area (Å²) < 4.78 is 51.2. The summed E-state index contributed by atoms with van der Waals surface area (Å²) >= 11 is 0. The van der Waals surface area contributed by atoms with Crippen LogP contribution in [0.5, 0.6) is 0 Å². The zero-order chi connectivity index (χ0) is 14.6. The van der Waals surface area contributed by atoms with E-state index in [0.29, 0.717) is 17.4 Å². The Kier molecular flexibility index (Phi) is 5.45. The predicted molar refractivity (Wildman–Crippen MR) is 68.7 cm³/mol. The van der Waals surface area contributed by atoms with Crippen molar-refractivity contribution in [2.24, 2.45) is 0 Å². The second-order valence-corrected chi connectivity index (χ2v) is 6.21. The largest absolute Gasteiger partial charge is 0.349 e. The molecule has 5 nitrogen and oxygen atoms in total. The summed E-state index contributed by atoms with van der Waals surface area (Å²) in [5.41, 5.74) is 0.800. The molecule has 0 amide bonds. The Morgan fingerprint density at radius 2 is 2.11 bits per heavy atom. The van der Waals surface area contributed by atoms with E-state index in [9.17, 15) is 17.2 Å². The van der Waals surface area contributed by atoms with E-state index in [1.165, 1.54) is 12.3 Å². The third-order valence-corrected chi connectivity index (χ3v) is 4.55. The van der Waals surface area contributed by atoms with E-state index in [4.69, 9.17) is 0 Å². The molecule has 0 atom stereocenters. The number of rotatable bonds is 7. The third kappa shape index (κ3) is 3.74. The van der Waals surface area contributed by atoms with Crippen molar-refractivity contribution in [1.29, 1.82) is 0 Å². The first kappa shape index (κ1) is 16.1. The Morgan fingerprint density at radius 3 is 2.58 bits per heavy atom. The van der Waals surface area contributed by atoms with Crippen molar-refractivity contribution in [3.8, 4) is 0 Å². The molecule has 1 N–H and O–H groups in total.